The Labute approximate surface area is 75.0 Å². The minimum atomic E-state index is -0.196. The van der Waals surface area contributed by atoms with E-state index in [4.69, 9.17) is 0 Å². The molecule has 1 aliphatic carbocycles. The van der Waals surface area contributed by atoms with Crippen LogP contribution in [0.15, 0.2) is 9.66 Å². The molecule has 0 N–H and O–H groups in total. The van der Waals surface area contributed by atoms with Gasteiger partial charge in [0, 0.05) is 6.42 Å². The summed E-state index contributed by atoms with van der Waals surface area (Å²) in [6.45, 7) is 3.99. The van der Waals surface area contributed by atoms with Crippen LogP contribution in [0.1, 0.15) is 26.7 Å². The Bertz CT molecular complexity index is 191. The lowest BCUT2D eigenvalue weighted by Crippen LogP contribution is -2.26. The van der Waals surface area contributed by atoms with Gasteiger partial charge in [0.1, 0.15) is 5.78 Å². The van der Waals surface area contributed by atoms with E-state index < -0.39 is 0 Å². The van der Waals surface area contributed by atoms with Crippen LogP contribution in [0.5, 0.6) is 0 Å². The Morgan fingerprint density at radius 1 is 1.60 bits per heavy atom. The lowest BCUT2D eigenvalue weighted by Gasteiger charge is -2.26. The molecule has 0 aromatic heterocycles. The average molecular weight is 250 g/mol. The number of hydrogen-bond acceptors (Lipinski definition) is 1. The van der Waals surface area contributed by atoms with Crippen molar-refractivity contribution in [2.75, 3.05) is 0 Å². The van der Waals surface area contributed by atoms with E-state index in [2.05, 4.69) is 28.7 Å². The number of hydrogen-bond donors (Lipinski definition) is 0. The van der Waals surface area contributed by atoms with Crippen molar-refractivity contribution in [3.05, 3.63) is 9.66 Å². The second-order valence-electron chi connectivity index (χ2n) is 3.14. The van der Waals surface area contributed by atoms with E-state index in [0.717, 1.165) is 12.8 Å². The minimum absolute atomic E-state index is 0.196. The second-order valence-corrected chi connectivity index (χ2v) is 4.30. The fraction of sp³-hybridized carbons (Fsp3) is 0.625. The number of Topliss-reactive ketones (excluding diaryl/α,β-unsaturated/α-hetero) is 1. The first kappa shape index (κ1) is 8.24. The van der Waals surface area contributed by atoms with Gasteiger partial charge in [-0.25, -0.2) is 0 Å². The van der Waals surface area contributed by atoms with Gasteiger partial charge in [0.05, 0.1) is 5.41 Å². The molecule has 0 amide bonds. The summed E-state index contributed by atoms with van der Waals surface area (Å²) in [4.78, 5) is 11.3. The molecule has 0 aromatic carbocycles. The van der Waals surface area contributed by atoms with Gasteiger partial charge in [-0.2, -0.15) is 0 Å². The van der Waals surface area contributed by atoms with Crippen molar-refractivity contribution in [3.63, 3.8) is 0 Å². The third-order valence-electron chi connectivity index (χ3n) is 1.99. The minimum Gasteiger partial charge on any atom is -0.299 e. The first-order chi connectivity index (χ1) is 4.55. The van der Waals surface area contributed by atoms with Gasteiger partial charge in [0.15, 0.2) is 0 Å². The lowest BCUT2D eigenvalue weighted by atomic mass is 9.82. The number of carbonyl (C=O) groups excluding carboxylic acids is 1. The summed E-state index contributed by atoms with van der Waals surface area (Å²) in [5.41, 5.74) is -0.196. The van der Waals surface area contributed by atoms with Crippen molar-refractivity contribution in [1.82, 2.24) is 0 Å². The summed E-state index contributed by atoms with van der Waals surface area (Å²) in [6, 6.07) is 0. The van der Waals surface area contributed by atoms with Crippen molar-refractivity contribution in [2.24, 2.45) is 5.41 Å². The number of ketones is 1. The number of rotatable bonds is 0. The fourth-order valence-corrected chi connectivity index (χ4v) is 1.64. The SMILES string of the molecule is CC1(C)C(=O)CCC=C1I. The van der Waals surface area contributed by atoms with Gasteiger partial charge in [-0.15, -0.1) is 0 Å². The van der Waals surface area contributed by atoms with Gasteiger partial charge in [-0.05, 0) is 46.4 Å². The quantitative estimate of drug-likeness (QED) is 0.604. The fourth-order valence-electron chi connectivity index (χ4n) is 1.03. The average Bonchev–Trinajstić information content (AvgIpc) is 1.84. The van der Waals surface area contributed by atoms with Gasteiger partial charge in [0.25, 0.3) is 0 Å². The second kappa shape index (κ2) is 2.64. The zero-order valence-electron chi connectivity index (χ0n) is 6.28. The van der Waals surface area contributed by atoms with Crippen LogP contribution in [-0.4, -0.2) is 5.78 Å². The largest absolute Gasteiger partial charge is 0.299 e. The van der Waals surface area contributed by atoms with Crippen LogP contribution in [0, 0.1) is 5.41 Å². The number of carbonyl (C=O) groups is 1. The first-order valence-corrected chi connectivity index (χ1v) is 4.52. The summed E-state index contributed by atoms with van der Waals surface area (Å²) in [7, 11) is 0. The highest BCUT2D eigenvalue weighted by molar-refractivity contribution is 14.1. The van der Waals surface area contributed by atoms with Crippen molar-refractivity contribution in [3.8, 4) is 0 Å². The van der Waals surface area contributed by atoms with Gasteiger partial charge < -0.3 is 0 Å². The Balaban J connectivity index is 2.95. The zero-order chi connectivity index (χ0) is 7.78. The molecule has 0 saturated carbocycles. The monoisotopic (exact) mass is 250 g/mol. The van der Waals surface area contributed by atoms with Crippen LogP contribution >= 0.6 is 22.6 Å². The zero-order valence-corrected chi connectivity index (χ0v) is 8.44. The standard InChI is InChI=1S/C8H11IO/c1-8(2)6(9)4-3-5-7(8)10/h4H,3,5H2,1-2H3. The van der Waals surface area contributed by atoms with Gasteiger partial charge in [-0.3, -0.25) is 4.79 Å². The van der Waals surface area contributed by atoms with E-state index in [9.17, 15) is 4.79 Å². The molecule has 0 fully saturated rings. The summed E-state index contributed by atoms with van der Waals surface area (Å²) in [5.74, 6) is 0.374. The van der Waals surface area contributed by atoms with Crippen molar-refractivity contribution in [2.45, 2.75) is 26.7 Å². The molecule has 0 spiro atoms. The molecule has 0 atom stereocenters. The molecule has 0 aromatic rings. The molecule has 56 valence electrons. The molecular formula is C8H11IO. The molecule has 1 rings (SSSR count). The molecule has 0 bridgehead atoms. The molecule has 1 nitrogen and oxygen atoms in total. The molecule has 0 heterocycles. The van der Waals surface area contributed by atoms with Crippen LogP contribution in [-0.2, 0) is 4.79 Å². The Morgan fingerprint density at radius 2 is 2.20 bits per heavy atom. The third-order valence-corrected chi connectivity index (χ3v) is 3.78. The molecule has 1 aliphatic rings. The van der Waals surface area contributed by atoms with Gasteiger partial charge in [0.2, 0.25) is 0 Å². The molecule has 0 unspecified atom stereocenters. The van der Waals surface area contributed by atoms with E-state index in [0.29, 0.717) is 5.78 Å². The highest BCUT2D eigenvalue weighted by Crippen LogP contribution is 2.37. The van der Waals surface area contributed by atoms with Crippen LogP contribution in [0.3, 0.4) is 0 Å². The van der Waals surface area contributed by atoms with E-state index in [-0.39, 0.29) is 5.41 Å². The molecule has 2 heteroatoms. The molecular weight excluding hydrogens is 239 g/mol. The normalized spacial score (nSPS) is 24.3. The Kier molecular flexibility index (Phi) is 2.18. The van der Waals surface area contributed by atoms with Gasteiger partial charge >= 0.3 is 0 Å². The molecule has 10 heavy (non-hydrogen) atoms. The highest BCUT2D eigenvalue weighted by atomic mass is 127. The molecule has 0 saturated heterocycles. The summed E-state index contributed by atoms with van der Waals surface area (Å²) in [6.07, 6.45) is 3.81. The van der Waals surface area contributed by atoms with E-state index in [1.54, 1.807) is 0 Å². The predicted octanol–water partition coefficient (Wildman–Crippen LogP) is 2.69. The van der Waals surface area contributed by atoms with E-state index >= 15 is 0 Å². The van der Waals surface area contributed by atoms with Crippen LogP contribution in [0.25, 0.3) is 0 Å². The lowest BCUT2D eigenvalue weighted by molar-refractivity contribution is -0.125. The third kappa shape index (κ3) is 1.26. The summed E-state index contributed by atoms with van der Waals surface area (Å²) in [5, 5.41) is 0. The maximum atomic E-state index is 11.3. The molecule has 0 radical (unpaired) electrons. The van der Waals surface area contributed by atoms with E-state index in [1.165, 1.54) is 3.58 Å². The summed E-state index contributed by atoms with van der Waals surface area (Å²) < 4.78 is 1.20. The first-order valence-electron chi connectivity index (χ1n) is 3.44. The van der Waals surface area contributed by atoms with Crippen LogP contribution in [0.4, 0.5) is 0 Å². The maximum Gasteiger partial charge on any atom is 0.143 e. The topological polar surface area (TPSA) is 17.1 Å². The predicted molar refractivity (Wildman–Crippen MR) is 50.1 cm³/mol. The van der Waals surface area contributed by atoms with Crippen LogP contribution < -0.4 is 0 Å². The number of halogens is 1. The van der Waals surface area contributed by atoms with Crippen LogP contribution in [0.2, 0.25) is 0 Å². The van der Waals surface area contributed by atoms with Crippen molar-refractivity contribution in [1.29, 1.82) is 0 Å². The van der Waals surface area contributed by atoms with Crippen molar-refractivity contribution < 1.29 is 4.79 Å². The van der Waals surface area contributed by atoms with E-state index in [1.807, 2.05) is 13.8 Å². The maximum absolute atomic E-state index is 11.3. The smallest absolute Gasteiger partial charge is 0.143 e. The Hall–Kier alpha value is 0.140. The Morgan fingerprint density at radius 3 is 2.60 bits per heavy atom. The van der Waals surface area contributed by atoms with Crippen molar-refractivity contribution >= 4 is 28.4 Å². The highest BCUT2D eigenvalue weighted by Gasteiger charge is 2.31. The van der Waals surface area contributed by atoms with Gasteiger partial charge in [-0.1, -0.05) is 6.08 Å². The summed E-state index contributed by atoms with van der Waals surface area (Å²) >= 11 is 2.26. The molecule has 0 aliphatic heterocycles. The number of allylic oxidation sites excluding steroid dienone is 2.